The second-order valence-corrected chi connectivity index (χ2v) is 4.15. The molecule has 1 heterocycles. The summed E-state index contributed by atoms with van der Waals surface area (Å²) < 4.78 is 0. The molecule has 4 N–H and O–H groups in total. The highest BCUT2D eigenvalue weighted by Gasteiger charge is 2.46. The summed E-state index contributed by atoms with van der Waals surface area (Å²) in [6.45, 7) is 4.21. The zero-order chi connectivity index (χ0) is 11.6. The van der Waals surface area contributed by atoms with Gasteiger partial charge in [0.2, 0.25) is 5.91 Å². The van der Waals surface area contributed by atoms with E-state index in [2.05, 4.69) is 0 Å². The van der Waals surface area contributed by atoms with Crippen LogP contribution >= 0.6 is 0 Å². The lowest BCUT2D eigenvalue weighted by Gasteiger charge is -2.28. The summed E-state index contributed by atoms with van der Waals surface area (Å²) in [5.74, 6) is -0.695. The van der Waals surface area contributed by atoms with E-state index >= 15 is 0 Å². The van der Waals surface area contributed by atoms with Gasteiger partial charge in [0, 0.05) is 6.54 Å². The van der Waals surface area contributed by atoms with Crippen molar-refractivity contribution < 1.29 is 14.8 Å². The Labute approximate surface area is 90.4 Å². The molecule has 5 nitrogen and oxygen atoms in total. The van der Waals surface area contributed by atoms with Crippen molar-refractivity contribution in [3.05, 3.63) is 0 Å². The minimum Gasteiger partial charge on any atom is -0.426 e. The number of nitrogens with two attached hydrogens (primary N) is 1. The highest BCUT2D eigenvalue weighted by molar-refractivity contribution is 6.43. The molecular weight excluding hydrogens is 195 g/mol. The number of amides is 1. The van der Waals surface area contributed by atoms with Gasteiger partial charge in [0.25, 0.3) is 0 Å². The maximum absolute atomic E-state index is 11.9. The Kier molecular flexibility index (Phi) is 3.75. The summed E-state index contributed by atoms with van der Waals surface area (Å²) in [4.78, 5) is 13.4. The minimum absolute atomic E-state index is 0.162. The number of carbonyl (C=O) groups excluding carboxylic acids is 1. The van der Waals surface area contributed by atoms with Crippen LogP contribution in [0.5, 0.6) is 0 Å². The SMILES string of the molecule is CCC(B(O)O)N1CC[C@](N)(CC)C1=O. The Bertz CT molecular complexity index is 250. The molecule has 0 spiro atoms. The highest BCUT2D eigenvalue weighted by Crippen LogP contribution is 2.26. The largest absolute Gasteiger partial charge is 0.475 e. The lowest BCUT2D eigenvalue weighted by Crippen LogP contribution is -2.53. The van der Waals surface area contributed by atoms with Gasteiger partial charge in [-0.2, -0.15) is 0 Å². The molecule has 15 heavy (non-hydrogen) atoms. The van der Waals surface area contributed by atoms with Crippen LogP contribution in [0.1, 0.15) is 33.1 Å². The standard InChI is InChI=1S/C9H19BN2O3/c1-3-7(10(14)15)12-6-5-9(11,4-2)8(12)13/h7,14-15H,3-6,11H2,1-2H3/t7?,9-/m1/s1. The quantitative estimate of drug-likeness (QED) is 0.530. The van der Waals surface area contributed by atoms with E-state index in [1.807, 2.05) is 13.8 Å². The van der Waals surface area contributed by atoms with Gasteiger partial charge in [-0.1, -0.05) is 13.8 Å². The van der Waals surface area contributed by atoms with Crippen LogP contribution in [-0.4, -0.2) is 46.0 Å². The molecule has 0 aromatic rings. The van der Waals surface area contributed by atoms with Crippen LogP contribution in [0.4, 0.5) is 0 Å². The molecule has 1 saturated heterocycles. The van der Waals surface area contributed by atoms with Crippen molar-refractivity contribution in [2.24, 2.45) is 5.73 Å². The third-order valence-corrected chi connectivity index (χ3v) is 3.28. The molecule has 1 rings (SSSR count). The molecule has 0 saturated carbocycles. The average molecular weight is 214 g/mol. The lowest BCUT2D eigenvalue weighted by atomic mass is 9.76. The summed E-state index contributed by atoms with van der Waals surface area (Å²) in [5.41, 5.74) is 5.13. The number of hydrogen-bond donors (Lipinski definition) is 3. The molecular formula is C9H19BN2O3. The molecule has 0 aromatic carbocycles. The van der Waals surface area contributed by atoms with E-state index in [0.717, 1.165) is 0 Å². The van der Waals surface area contributed by atoms with E-state index in [9.17, 15) is 4.79 Å². The average Bonchev–Trinajstić information content (AvgIpc) is 2.48. The smallest absolute Gasteiger partial charge is 0.426 e. The molecule has 2 atom stereocenters. The molecule has 0 aliphatic carbocycles. The van der Waals surface area contributed by atoms with E-state index in [-0.39, 0.29) is 5.91 Å². The van der Waals surface area contributed by atoms with Gasteiger partial charge in [0.05, 0.1) is 11.5 Å². The Morgan fingerprint density at radius 3 is 2.53 bits per heavy atom. The minimum atomic E-state index is -1.49. The van der Waals surface area contributed by atoms with Crippen molar-refractivity contribution in [1.29, 1.82) is 0 Å². The molecule has 0 bridgehead atoms. The summed E-state index contributed by atoms with van der Waals surface area (Å²) in [5, 5.41) is 18.3. The summed E-state index contributed by atoms with van der Waals surface area (Å²) in [7, 11) is -1.49. The van der Waals surface area contributed by atoms with Gasteiger partial charge in [-0.3, -0.25) is 4.79 Å². The summed E-state index contributed by atoms with van der Waals surface area (Å²) in [6, 6.07) is 0. The van der Waals surface area contributed by atoms with Crippen molar-refractivity contribution in [3.8, 4) is 0 Å². The van der Waals surface area contributed by atoms with Crippen molar-refractivity contribution >= 4 is 13.0 Å². The van der Waals surface area contributed by atoms with Crippen molar-refractivity contribution in [1.82, 2.24) is 4.90 Å². The predicted molar refractivity (Wildman–Crippen MR) is 57.8 cm³/mol. The first-order valence-electron chi connectivity index (χ1n) is 5.42. The summed E-state index contributed by atoms with van der Waals surface area (Å²) in [6.07, 6.45) is 1.69. The maximum atomic E-state index is 11.9. The van der Waals surface area contributed by atoms with Crippen LogP contribution in [-0.2, 0) is 4.79 Å². The highest BCUT2D eigenvalue weighted by atomic mass is 16.4. The van der Waals surface area contributed by atoms with Gasteiger partial charge in [-0.25, -0.2) is 0 Å². The maximum Gasteiger partial charge on any atom is 0.475 e. The third-order valence-electron chi connectivity index (χ3n) is 3.28. The van der Waals surface area contributed by atoms with E-state index in [1.165, 1.54) is 4.90 Å². The van der Waals surface area contributed by atoms with Crippen molar-refractivity contribution in [2.45, 2.75) is 44.6 Å². The molecule has 1 amide bonds. The van der Waals surface area contributed by atoms with Gasteiger partial charge >= 0.3 is 7.12 Å². The lowest BCUT2D eigenvalue weighted by molar-refractivity contribution is -0.133. The second kappa shape index (κ2) is 4.51. The van der Waals surface area contributed by atoms with Crippen LogP contribution in [0, 0.1) is 0 Å². The second-order valence-electron chi connectivity index (χ2n) is 4.15. The molecule has 1 aliphatic rings. The zero-order valence-electron chi connectivity index (χ0n) is 9.31. The Morgan fingerprint density at radius 2 is 2.20 bits per heavy atom. The predicted octanol–water partition coefficient (Wildman–Crippen LogP) is -0.883. The molecule has 6 heteroatoms. The fourth-order valence-corrected chi connectivity index (χ4v) is 2.05. The Balaban J connectivity index is 2.78. The van der Waals surface area contributed by atoms with E-state index < -0.39 is 18.6 Å². The van der Waals surface area contributed by atoms with Gasteiger partial charge in [-0.15, -0.1) is 0 Å². The summed E-state index contributed by atoms with van der Waals surface area (Å²) >= 11 is 0. The van der Waals surface area contributed by atoms with Gasteiger partial charge in [-0.05, 0) is 19.3 Å². The van der Waals surface area contributed by atoms with Crippen molar-refractivity contribution in [3.63, 3.8) is 0 Å². The zero-order valence-corrected chi connectivity index (χ0v) is 9.31. The Hall–Kier alpha value is -0.585. The van der Waals surface area contributed by atoms with E-state index in [0.29, 0.717) is 25.8 Å². The van der Waals surface area contributed by atoms with Crippen molar-refractivity contribution in [2.75, 3.05) is 6.54 Å². The van der Waals surface area contributed by atoms with Gasteiger partial charge < -0.3 is 20.7 Å². The first-order chi connectivity index (χ1) is 6.96. The van der Waals surface area contributed by atoms with Crippen LogP contribution in [0.2, 0.25) is 0 Å². The Morgan fingerprint density at radius 1 is 1.60 bits per heavy atom. The molecule has 0 aromatic heterocycles. The van der Waals surface area contributed by atoms with Crippen LogP contribution in [0.25, 0.3) is 0 Å². The fraction of sp³-hybridized carbons (Fsp3) is 0.889. The van der Waals surface area contributed by atoms with E-state index in [4.69, 9.17) is 15.8 Å². The van der Waals surface area contributed by atoms with Gasteiger partial charge in [0.15, 0.2) is 0 Å². The molecule has 1 unspecified atom stereocenters. The van der Waals surface area contributed by atoms with Crippen LogP contribution < -0.4 is 5.73 Å². The fourth-order valence-electron chi connectivity index (χ4n) is 2.05. The monoisotopic (exact) mass is 214 g/mol. The van der Waals surface area contributed by atoms with E-state index in [1.54, 1.807) is 0 Å². The number of carbonyl (C=O) groups is 1. The molecule has 1 fully saturated rings. The van der Waals surface area contributed by atoms with Crippen LogP contribution in [0.3, 0.4) is 0 Å². The normalized spacial score (nSPS) is 28.3. The number of likely N-dealkylation sites (tertiary alicyclic amines) is 1. The number of hydrogen-bond acceptors (Lipinski definition) is 4. The first kappa shape index (κ1) is 12.5. The first-order valence-corrected chi connectivity index (χ1v) is 5.42. The molecule has 86 valence electrons. The number of nitrogens with zero attached hydrogens (tertiary/aromatic N) is 1. The topological polar surface area (TPSA) is 86.8 Å². The number of rotatable bonds is 4. The third kappa shape index (κ3) is 2.16. The van der Waals surface area contributed by atoms with Crippen LogP contribution in [0.15, 0.2) is 0 Å². The molecule has 0 radical (unpaired) electrons. The van der Waals surface area contributed by atoms with Gasteiger partial charge in [0.1, 0.15) is 0 Å². The molecule has 1 aliphatic heterocycles.